The van der Waals surface area contributed by atoms with Crippen molar-refractivity contribution in [3.05, 3.63) is 36.4 Å². The number of rotatable bonds is 4. The van der Waals surface area contributed by atoms with Crippen molar-refractivity contribution < 1.29 is 9.84 Å². The average molecular weight is 193 g/mol. The van der Waals surface area contributed by atoms with E-state index < -0.39 is 0 Å². The van der Waals surface area contributed by atoms with E-state index in [4.69, 9.17) is 10.5 Å². The number of benzene rings is 1. The largest absolute Gasteiger partial charge is 0.504 e. The van der Waals surface area contributed by atoms with E-state index in [1.807, 2.05) is 6.92 Å². The normalized spacial score (nSPS) is 12.1. The van der Waals surface area contributed by atoms with Crippen LogP contribution in [0.2, 0.25) is 0 Å². The summed E-state index contributed by atoms with van der Waals surface area (Å²) < 4.78 is 5.23. The van der Waals surface area contributed by atoms with Gasteiger partial charge in [-0.2, -0.15) is 0 Å². The maximum atomic E-state index is 9.43. The van der Waals surface area contributed by atoms with Crippen molar-refractivity contribution in [2.24, 2.45) is 5.73 Å². The van der Waals surface area contributed by atoms with Gasteiger partial charge in [-0.05, 0) is 24.6 Å². The Bertz CT molecular complexity index is 323. The van der Waals surface area contributed by atoms with Gasteiger partial charge in [0.05, 0.1) is 6.61 Å². The summed E-state index contributed by atoms with van der Waals surface area (Å²) in [5.74, 6) is 0.592. The molecule has 0 aliphatic rings. The van der Waals surface area contributed by atoms with E-state index in [2.05, 4.69) is 6.58 Å². The summed E-state index contributed by atoms with van der Waals surface area (Å²) >= 11 is 0. The molecule has 0 bridgehead atoms. The number of hydrogen-bond donors (Lipinski definition) is 2. The molecule has 0 amide bonds. The molecule has 76 valence electrons. The molecule has 0 unspecified atom stereocenters. The minimum absolute atomic E-state index is 0.131. The first kappa shape index (κ1) is 10.6. The van der Waals surface area contributed by atoms with Gasteiger partial charge in [-0.25, -0.2) is 0 Å². The van der Waals surface area contributed by atoms with Crippen LogP contribution in [-0.4, -0.2) is 11.7 Å². The van der Waals surface area contributed by atoms with Crippen LogP contribution in [0.5, 0.6) is 11.5 Å². The summed E-state index contributed by atoms with van der Waals surface area (Å²) in [4.78, 5) is 0. The Morgan fingerprint density at radius 3 is 2.93 bits per heavy atom. The first-order valence-electron chi connectivity index (χ1n) is 4.53. The average Bonchev–Trinajstić information content (AvgIpc) is 2.20. The topological polar surface area (TPSA) is 55.5 Å². The lowest BCUT2D eigenvalue weighted by Crippen LogP contribution is -2.06. The van der Waals surface area contributed by atoms with Gasteiger partial charge < -0.3 is 15.6 Å². The van der Waals surface area contributed by atoms with Crippen LogP contribution in [0.25, 0.3) is 0 Å². The Hall–Kier alpha value is -1.48. The van der Waals surface area contributed by atoms with E-state index in [-0.39, 0.29) is 11.8 Å². The van der Waals surface area contributed by atoms with Crippen LogP contribution in [0.15, 0.2) is 30.9 Å². The highest BCUT2D eigenvalue weighted by Crippen LogP contribution is 2.28. The molecule has 3 heteroatoms. The molecule has 1 atom stereocenters. The fraction of sp³-hybridized carbons (Fsp3) is 0.273. The van der Waals surface area contributed by atoms with Crippen LogP contribution in [0.4, 0.5) is 0 Å². The number of phenols is 1. The molecule has 0 aliphatic heterocycles. The van der Waals surface area contributed by atoms with Gasteiger partial charge >= 0.3 is 0 Å². The van der Waals surface area contributed by atoms with Gasteiger partial charge in [0.15, 0.2) is 11.5 Å². The van der Waals surface area contributed by atoms with E-state index >= 15 is 0 Å². The molecule has 1 aromatic carbocycles. The first-order chi connectivity index (χ1) is 6.69. The third-order valence-corrected chi connectivity index (χ3v) is 1.92. The Morgan fingerprint density at radius 2 is 2.36 bits per heavy atom. The lowest BCUT2D eigenvalue weighted by Gasteiger charge is -2.10. The van der Waals surface area contributed by atoms with Gasteiger partial charge in [0.25, 0.3) is 0 Å². The summed E-state index contributed by atoms with van der Waals surface area (Å²) in [7, 11) is 0. The summed E-state index contributed by atoms with van der Waals surface area (Å²) in [6, 6.07) is 4.83. The van der Waals surface area contributed by atoms with E-state index in [9.17, 15) is 5.11 Å². The fourth-order valence-electron chi connectivity index (χ4n) is 1.15. The highest BCUT2D eigenvalue weighted by atomic mass is 16.5. The van der Waals surface area contributed by atoms with Crippen molar-refractivity contribution in [3.63, 3.8) is 0 Å². The fourth-order valence-corrected chi connectivity index (χ4v) is 1.15. The zero-order valence-corrected chi connectivity index (χ0v) is 8.23. The molecule has 3 nitrogen and oxygen atoms in total. The van der Waals surface area contributed by atoms with Gasteiger partial charge in [0, 0.05) is 6.04 Å². The summed E-state index contributed by atoms with van der Waals surface area (Å²) in [5, 5.41) is 9.43. The second kappa shape index (κ2) is 4.67. The molecule has 0 radical (unpaired) electrons. The van der Waals surface area contributed by atoms with Crippen LogP contribution in [-0.2, 0) is 0 Å². The van der Waals surface area contributed by atoms with Crippen LogP contribution >= 0.6 is 0 Å². The van der Waals surface area contributed by atoms with Gasteiger partial charge in [-0.1, -0.05) is 12.1 Å². The van der Waals surface area contributed by atoms with Gasteiger partial charge in [0.1, 0.15) is 0 Å². The smallest absolute Gasteiger partial charge is 0.161 e. The van der Waals surface area contributed by atoms with E-state index in [1.165, 1.54) is 0 Å². The SMILES string of the molecule is C=C[C@@H](N)c1ccc(O)c(OCC)c1. The summed E-state index contributed by atoms with van der Waals surface area (Å²) in [6.07, 6.45) is 1.64. The number of ether oxygens (including phenoxy) is 1. The predicted octanol–water partition coefficient (Wildman–Crippen LogP) is 1.98. The Kier molecular flexibility index (Phi) is 3.54. The minimum atomic E-state index is -0.227. The van der Waals surface area contributed by atoms with Crippen molar-refractivity contribution in [2.75, 3.05) is 6.61 Å². The molecule has 14 heavy (non-hydrogen) atoms. The molecule has 0 saturated heterocycles. The van der Waals surface area contributed by atoms with Crippen molar-refractivity contribution in [1.82, 2.24) is 0 Å². The van der Waals surface area contributed by atoms with E-state index in [0.717, 1.165) is 5.56 Å². The van der Waals surface area contributed by atoms with Crippen molar-refractivity contribution in [3.8, 4) is 11.5 Å². The van der Waals surface area contributed by atoms with Crippen LogP contribution in [0.1, 0.15) is 18.5 Å². The van der Waals surface area contributed by atoms with Crippen molar-refractivity contribution in [2.45, 2.75) is 13.0 Å². The highest BCUT2D eigenvalue weighted by molar-refractivity contribution is 5.43. The zero-order chi connectivity index (χ0) is 10.6. The van der Waals surface area contributed by atoms with Crippen LogP contribution < -0.4 is 10.5 Å². The maximum absolute atomic E-state index is 9.43. The zero-order valence-electron chi connectivity index (χ0n) is 8.23. The second-order valence-corrected chi connectivity index (χ2v) is 2.92. The maximum Gasteiger partial charge on any atom is 0.161 e. The highest BCUT2D eigenvalue weighted by Gasteiger charge is 2.06. The molecule has 0 spiro atoms. The minimum Gasteiger partial charge on any atom is -0.504 e. The van der Waals surface area contributed by atoms with E-state index in [1.54, 1.807) is 24.3 Å². The van der Waals surface area contributed by atoms with Crippen molar-refractivity contribution >= 4 is 0 Å². The quantitative estimate of drug-likeness (QED) is 0.719. The molecule has 3 N–H and O–H groups in total. The molecule has 0 fully saturated rings. The lowest BCUT2D eigenvalue weighted by molar-refractivity contribution is 0.317. The van der Waals surface area contributed by atoms with E-state index in [0.29, 0.717) is 12.4 Å². The number of hydrogen-bond acceptors (Lipinski definition) is 3. The van der Waals surface area contributed by atoms with Crippen LogP contribution in [0.3, 0.4) is 0 Å². The molecule has 0 aromatic heterocycles. The van der Waals surface area contributed by atoms with Gasteiger partial charge in [0.2, 0.25) is 0 Å². The molecule has 0 saturated carbocycles. The first-order valence-corrected chi connectivity index (χ1v) is 4.53. The molecule has 1 aromatic rings. The number of nitrogens with two attached hydrogens (primary N) is 1. The monoisotopic (exact) mass is 193 g/mol. The molecule has 1 rings (SSSR count). The Balaban J connectivity index is 2.99. The molecule has 0 heterocycles. The third-order valence-electron chi connectivity index (χ3n) is 1.92. The molecular weight excluding hydrogens is 178 g/mol. The molecule has 0 aliphatic carbocycles. The summed E-state index contributed by atoms with van der Waals surface area (Å²) in [6.45, 7) is 5.98. The van der Waals surface area contributed by atoms with Gasteiger partial charge in [-0.15, -0.1) is 6.58 Å². The Labute approximate surface area is 83.8 Å². The number of phenolic OH excluding ortho intramolecular Hbond substituents is 1. The standard InChI is InChI=1S/C11H15NO2/c1-3-9(12)8-5-6-10(13)11(7-8)14-4-2/h3,5-7,9,13H,1,4,12H2,2H3/t9-/m1/s1. The summed E-state index contributed by atoms with van der Waals surface area (Å²) in [5.41, 5.74) is 6.63. The second-order valence-electron chi connectivity index (χ2n) is 2.92. The van der Waals surface area contributed by atoms with Crippen LogP contribution in [0, 0.1) is 0 Å². The van der Waals surface area contributed by atoms with Gasteiger partial charge in [-0.3, -0.25) is 0 Å². The molecular formula is C11H15NO2. The number of aromatic hydroxyl groups is 1. The lowest BCUT2D eigenvalue weighted by atomic mass is 10.1. The Morgan fingerprint density at radius 1 is 1.64 bits per heavy atom. The third kappa shape index (κ3) is 2.26. The predicted molar refractivity (Wildman–Crippen MR) is 56.4 cm³/mol. The van der Waals surface area contributed by atoms with Crippen molar-refractivity contribution in [1.29, 1.82) is 0 Å².